The molecule has 0 saturated carbocycles. The molecule has 3 aliphatic rings. The standard InChI is InChI=1S/C24H26N2O4/c1-29-19-9-7-17(8-10-19)20-11-12-21-26(20)23(28)24(30-21)13-15-25(16-14-24)22(27)18-5-3-2-4-6-18/h2-10,20-21H,11-16H2,1H3/t20-,21+/m0/s1. The summed E-state index contributed by atoms with van der Waals surface area (Å²) < 4.78 is 11.6. The van der Waals surface area contributed by atoms with Crippen molar-refractivity contribution in [3.8, 4) is 5.75 Å². The molecule has 3 heterocycles. The van der Waals surface area contributed by atoms with E-state index >= 15 is 0 Å². The van der Waals surface area contributed by atoms with Crippen molar-refractivity contribution in [2.45, 2.75) is 43.6 Å². The molecule has 2 atom stereocenters. The van der Waals surface area contributed by atoms with Crippen molar-refractivity contribution in [2.24, 2.45) is 0 Å². The molecule has 1 spiro atoms. The van der Waals surface area contributed by atoms with E-state index in [9.17, 15) is 9.59 Å². The van der Waals surface area contributed by atoms with Crippen LogP contribution >= 0.6 is 0 Å². The lowest BCUT2D eigenvalue weighted by Crippen LogP contribution is -2.51. The van der Waals surface area contributed by atoms with Gasteiger partial charge in [0.1, 0.15) is 12.0 Å². The van der Waals surface area contributed by atoms with Gasteiger partial charge in [-0.3, -0.25) is 9.59 Å². The quantitative estimate of drug-likeness (QED) is 0.784. The highest BCUT2D eigenvalue weighted by Gasteiger charge is 2.58. The van der Waals surface area contributed by atoms with Gasteiger partial charge in [0.2, 0.25) is 0 Å². The lowest BCUT2D eigenvalue weighted by atomic mass is 9.89. The van der Waals surface area contributed by atoms with Gasteiger partial charge in [-0.15, -0.1) is 0 Å². The highest BCUT2D eigenvalue weighted by atomic mass is 16.6. The maximum atomic E-state index is 13.5. The first-order chi connectivity index (χ1) is 14.6. The van der Waals surface area contributed by atoms with E-state index < -0.39 is 5.60 Å². The molecule has 0 radical (unpaired) electrons. The monoisotopic (exact) mass is 406 g/mol. The maximum Gasteiger partial charge on any atom is 0.257 e. The predicted octanol–water partition coefficient (Wildman–Crippen LogP) is 3.39. The number of piperidine rings is 1. The number of ether oxygens (including phenoxy) is 2. The zero-order chi connectivity index (χ0) is 20.7. The van der Waals surface area contributed by atoms with Crippen LogP contribution in [-0.4, -0.2) is 53.6 Å². The second kappa shape index (κ2) is 7.43. The number of amides is 2. The Morgan fingerprint density at radius 2 is 1.73 bits per heavy atom. The molecule has 5 rings (SSSR count). The molecular formula is C24H26N2O4. The molecule has 2 amide bonds. The van der Waals surface area contributed by atoms with Crippen molar-refractivity contribution in [1.29, 1.82) is 0 Å². The zero-order valence-electron chi connectivity index (χ0n) is 17.1. The molecule has 156 valence electrons. The van der Waals surface area contributed by atoms with Gasteiger partial charge in [0.25, 0.3) is 11.8 Å². The van der Waals surface area contributed by atoms with E-state index in [1.54, 1.807) is 7.11 Å². The van der Waals surface area contributed by atoms with Gasteiger partial charge in [0, 0.05) is 31.5 Å². The van der Waals surface area contributed by atoms with Gasteiger partial charge in [0.05, 0.1) is 13.2 Å². The Morgan fingerprint density at radius 1 is 1.03 bits per heavy atom. The highest BCUT2D eigenvalue weighted by Crippen LogP contribution is 2.47. The average molecular weight is 406 g/mol. The van der Waals surface area contributed by atoms with E-state index in [-0.39, 0.29) is 24.1 Å². The number of likely N-dealkylation sites (tertiary alicyclic amines) is 1. The summed E-state index contributed by atoms with van der Waals surface area (Å²) in [4.78, 5) is 30.0. The summed E-state index contributed by atoms with van der Waals surface area (Å²) in [6.07, 6.45) is 2.68. The largest absolute Gasteiger partial charge is 0.497 e. The van der Waals surface area contributed by atoms with Crippen molar-refractivity contribution in [2.75, 3.05) is 20.2 Å². The second-order valence-corrected chi connectivity index (χ2v) is 8.30. The molecule has 0 bridgehead atoms. The van der Waals surface area contributed by atoms with Crippen molar-refractivity contribution < 1.29 is 19.1 Å². The van der Waals surface area contributed by atoms with Gasteiger partial charge in [-0.2, -0.15) is 0 Å². The molecule has 3 saturated heterocycles. The Kier molecular flexibility index (Phi) is 4.74. The lowest BCUT2D eigenvalue weighted by molar-refractivity contribution is -0.142. The Bertz CT molecular complexity index is 935. The van der Waals surface area contributed by atoms with E-state index in [1.165, 1.54) is 0 Å². The topological polar surface area (TPSA) is 59.1 Å². The number of carbonyl (C=O) groups excluding carboxylic acids is 2. The minimum absolute atomic E-state index is 0.0208. The average Bonchev–Trinajstić information content (AvgIpc) is 3.32. The molecule has 2 aromatic carbocycles. The summed E-state index contributed by atoms with van der Waals surface area (Å²) >= 11 is 0. The van der Waals surface area contributed by atoms with Crippen LogP contribution in [0.2, 0.25) is 0 Å². The van der Waals surface area contributed by atoms with Crippen LogP contribution in [0.25, 0.3) is 0 Å². The Labute approximate surface area is 176 Å². The number of carbonyl (C=O) groups is 2. The van der Waals surface area contributed by atoms with Crippen molar-refractivity contribution in [3.63, 3.8) is 0 Å². The van der Waals surface area contributed by atoms with Gasteiger partial charge >= 0.3 is 0 Å². The summed E-state index contributed by atoms with van der Waals surface area (Å²) in [5.41, 5.74) is 1.01. The predicted molar refractivity (Wildman–Crippen MR) is 111 cm³/mol. The molecule has 0 N–H and O–H groups in total. The number of fused-ring (bicyclic) bond motifs is 1. The Hall–Kier alpha value is -2.86. The fourth-order valence-electron chi connectivity index (χ4n) is 5.03. The van der Waals surface area contributed by atoms with Crippen LogP contribution in [0.4, 0.5) is 0 Å². The fourth-order valence-corrected chi connectivity index (χ4v) is 5.03. The van der Waals surface area contributed by atoms with Crippen LogP contribution in [0.5, 0.6) is 5.75 Å². The SMILES string of the molecule is COc1ccc([C@@H]2CC[C@H]3OC4(CCN(C(=O)c5ccccc5)CC4)C(=O)N32)cc1. The molecule has 3 fully saturated rings. The number of methoxy groups -OCH3 is 1. The van der Waals surface area contributed by atoms with Crippen molar-refractivity contribution >= 4 is 11.8 Å². The molecule has 6 nitrogen and oxygen atoms in total. The fraction of sp³-hybridized carbons (Fsp3) is 0.417. The zero-order valence-corrected chi connectivity index (χ0v) is 17.1. The van der Waals surface area contributed by atoms with E-state index in [4.69, 9.17) is 9.47 Å². The molecule has 0 unspecified atom stereocenters. The van der Waals surface area contributed by atoms with Gasteiger partial charge in [-0.1, -0.05) is 30.3 Å². The first-order valence-electron chi connectivity index (χ1n) is 10.6. The normalized spacial score (nSPS) is 24.9. The Balaban J connectivity index is 1.29. The number of hydrogen-bond donors (Lipinski definition) is 0. The summed E-state index contributed by atoms with van der Waals surface area (Å²) in [5, 5.41) is 0. The molecular weight excluding hydrogens is 380 g/mol. The number of nitrogens with zero attached hydrogens (tertiary/aromatic N) is 2. The smallest absolute Gasteiger partial charge is 0.257 e. The van der Waals surface area contributed by atoms with E-state index in [0.717, 1.165) is 24.2 Å². The van der Waals surface area contributed by atoms with Crippen LogP contribution in [-0.2, 0) is 9.53 Å². The van der Waals surface area contributed by atoms with Crippen LogP contribution in [0.3, 0.4) is 0 Å². The minimum atomic E-state index is -0.788. The van der Waals surface area contributed by atoms with Gasteiger partial charge in [-0.05, 0) is 42.7 Å². The maximum absolute atomic E-state index is 13.5. The third-order valence-corrected chi connectivity index (χ3v) is 6.70. The third-order valence-electron chi connectivity index (χ3n) is 6.70. The minimum Gasteiger partial charge on any atom is -0.497 e. The number of benzene rings is 2. The van der Waals surface area contributed by atoms with Crippen LogP contribution in [0, 0.1) is 0 Å². The first-order valence-corrected chi connectivity index (χ1v) is 10.6. The summed E-state index contributed by atoms with van der Waals surface area (Å²) in [5.74, 6) is 0.911. The summed E-state index contributed by atoms with van der Waals surface area (Å²) in [6.45, 7) is 1.07. The highest BCUT2D eigenvalue weighted by molar-refractivity contribution is 5.95. The van der Waals surface area contributed by atoms with Crippen molar-refractivity contribution in [1.82, 2.24) is 9.80 Å². The summed E-state index contributed by atoms with van der Waals surface area (Å²) in [6, 6.07) is 17.3. The molecule has 0 aliphatic carbocycles. The van der Waals surface area contributed by atoms with E-state index in [0.29, 0.717) is 31.5 Å². The van der Waals surface area contributed by atoms with E-state index in [1.807, 2.05) is 64.4 Å². The molecule has 0 aromatic heterocycles. The molecule has 30 heavy (non-hydrogen) atoms. The number of rotatable bonds is 3. The molecule has 3 aliphatic heterocycles. The van der Waals surface area contributed by atoms with Gasteiger partial charge in [0.15, 0.2) is 5.60 Å². The molecule has 2 aromatic rings. The van der Waals surface area contributed by atoms with Gasteiger partial charge in [-0.25, -0.2) is 0 Å². The molecule has 6 heteroatoms. The van der Waals surface area contributed by atoms with Crippen LogP contribution in [0.1, 0.15) is 47.6 Å². The lowest BCUT2D eigenvalue weighted by Gasteiger charge is -2.37. The second-order valence-electron chi connectivity index (χ2n) is 8.30. The van der Waals surface area contributed by atoms with Gasteiger partial charge < -0.3 is 19.3 Å². The number of hydrogen-bond acceptors (Lipinski definition) is 4. The van der Waals surface area contributed by atoms with Crippen molar-refractivity contribution in [3.05, 3.63) is 65.7 Å². The van der Waals surface area contributed by atoms with E-state index in [2.05, 4.69) is 0 Å². The van der Waals surface area contributed by atoms with Crippen LogP contribution in [0.15, 0.2) is 54.6 Å². The third kappa shape index (κ3) is 3.06. The van der Waals surface area contributed by atoms with Crippen LogP contribution < -0.4 is 4.74 Å². The summed E-state index contributed by atoms with van der Waals surface area (Å²) in [7, 11) is 1.65. The Morgan fingerprint density at radius 3 is 2.40 bits per heavy atom. The first kappa shape index (κ1) is 19.1.